The molecule has 3 aromatic carbocycles. The molecule has 5 atom stereocenters. The monoisotopic (exact) mass is 588 g/mol. The fourth-order valence-corrected chi connectivity index (χ4v) is 8.51. The van der Waals surface area contributed by atoms with Gasteiger partial charge in [-0.2, -0.15) is 0 Å². The lowest BCUT2D eigenvalue weighted by Crippen LogP contribution is -2.49. The van der Waals surface area contributed by atoms with Gasteiger partial charge in [0.15, 0.2) is 0 Å². The number of carbonyl (C=O) groups excluding carboxylic acids is 2. The zero-order valence-electron chi connectivity index (χ0n) is 26.2. The van der Waals surface area contributed by atoms with Gasteiger partial charge in [0.2, 0.25) is 5.91 Å². The van der Waals surface area contributed by atoms with Crippen LogP contribution in [0.25, 0.3) is 16.7 Å². The van der Waals surface area contributed by atoms with Gasteiger partial charge in [0.1, 0.15) is 5.75 Å². The highest BCUT2D eigenvalue weighted by Gasteiger charge is 2.41. The van der Waals surface area contributed by atoms with Gasteiger partial charge in [-0.05, 0) is 114 Å². The number of carbonyl (C=O) groups is 2. The van der Waals surface area contributed by atoms with Crippen LogP contribution in [-0.2, 0) is 9.59 Å². The maximum atomic E-state index is 13.9. The smallest absolute Gasteiger partial charge is 0.311 e. The molecule has 7 rings (SSSR count). The Hall–Kier alpha value is -3.86. The van der Waals surface area contributed by atoms with E-state index < -0.39 is 5.92 Å². The molecule has 2 heterocycles. The number of esters is 1. The van der Waals surface area contributed by atoms with Gasteiger partial charge in [-0.25, -0.2) is 0 Å². The van der Waals surface area contributed by atoms with Crippen LogP contribution in [0.1, 0.15) is 92.9 Å². The quantitative estimate of drug-likeness (QED) is 0.214. The second kappa shape index (κ2) is 11.9. The normalized spacial score (nSPS) is 24.3. The first-order chi connectivity index (χ1) is 21.4. The molecule has 228 valence electrons. The van der Waals surface area contributed by atoms with E-state index >= 15 is 0 Å². The molecule has 0 spiro atoms. The fraction of sp³-hybridized carbons (Fsp3) is 0.436. The van der Waals surface area contributed by atoms with Crippen molar-refractivity contribution in [2.24, 2.45) is 11.8 Å². The Morgan fingerprint density at radius 2 is 1.64 bits per heavy atom. The lowest BCUT2D eigenvalue weighted by Gasteiger charge is -2.33. The summed E-state index contributed by atoms with van der Waals surface area (Å²) in [6, 6.07) is 23.2. The first-order valence-corrected chi connectivity index (χ1v) is 16.6. The van der Waals surface area contributed by atoms with Crippen molar-refractivity contribution < 1.29 is 14.3 Å². The van der Waals surface area contributed by atoms with E-state index in [0.717, 1.165) is 37.6 Å². The van der Waals surface area contributed by atoms with Crippen molar-refractivity contribution >= 4 is 17.4 Å². The minimum absolute atomic E-state index is 0.0424. The zero-order valence-corrected chi connectivity index (χ0v) is 26.2. The molecule has 2 fully saturated rings. The van der Waals surface area contributed by atoms with Crippen molar-refractivity contribution in [3.63, 3.8) is 0 Å². The number of nitrogens with zero attached hydrogens (tertiary/aromatic N) is 1. The summed E-state index contributed by atoms with van der Waals surface area (Å²) in [6.07, 6.45) is 9.12. The van der Waals surface area contributed by atoms with E-state index in [0.29, 0.717) is 5.75 Å². The van der Waals surface area contributed by atoms with Crippen molar-refractivity contribution in [3.8, 4) is 16.9 Å². The SMILES string of the molecule is Cc1ccc(-c2ccc(C3=CNC([C@@H]4CCCN4C(=O)[C@@H](CC(=O)Oc4ccccc4)C(C)C)C3)cc2)c2c1C1CCC2C1. The van der Waals surface area contributed by atoms with Gasteiger partial charge in [-0.15, -0.1) is 0 Å². The molecular formula is C39H44N2O3. The van der Waals surface area contributed by atoms with Gasteiger partial charge in [0.25, 0.3) is 0 Å². The molecule has 5 heteroatoms. The number of fused-ring (bicyclic) bond motifs is 5. The minimum atomic E-state index is -0.397. The first-order valence-electron chi connectivity index (χ1n) is 16.6. The number of nitrogens with one attached hydrogen (secondary N) is 1. The lowest BCUT2D eigenvalue weighted by atomic mass is 9.83. The standard InChI is InChI=1S/C39H44N2O3/c1-24(2)33(22-36(42)44-31-8-5-4-6-9-31)39(43)41-19-7-10-35(41)34-21-30(23-40-34)26-12-14-27(15-13-26)32-18-11-25(3)37-28-16-17-29(20-28)38(32)37/h4-6,8-9,11-15,18,23-24,28-29,33-35,40H,7,10,16-17,19-22H2,1-3H3/t28?,29?,33-,34?,35-/m0/s1. The molecular weight excluding hydrogens is 544 g/mol. The van der Waals surface area contributed by atoms with Crippen molar-refractivity contribution in [1.29, 1.82) is 0 Å². The summed E-state index contributed by atoms with van der Waals surface area (Å²) in [5, 5.41) is 3.63. The predicted octanol–water partition coefficient (Wildman–Crippen LogP) is 7.99. The van der Waals surface area contributed by atoms with Gasteiger partial charge >= 0.3 is 5.97 Å². The molecule has 2 aliphatic heterocycles. The molecule has 5 nitrogen and oxygen atoms in total. The summed E-state index contributed by atoms with van der Waals surface area (Å²) in [6.45, 7) is 7.07. The molecule has 0 radical (unpaired) electrons. The second-order valence-electron chi connectivity index (χ2n) is 13.8. The summed E-state index contributed by atoms with van der Waals surface area (Å²) >= 11 is 0. The second-order valence-corrected chi connectivity index (χ2v) is 13.8. The highest BCUT2D eigenvalue weighted by Crippen LogP contribution is 2.56. The van der Waals surface area contributed by atoms with Crippen molar-refractivity contribution in [1.82, 2.24) is 10.2 Å². The third kappa shape index (κ3) is 5.35. The topological polar surface area (TPSA) is 58.6 Å². The van der Waals surface area contributed by atoms with E-state index in [1.807, 2.05) is 36.9 Å². The highest BCUT2D eigenvalue weighted by atomic mass is 16.5. The summed E-state index contributed by atoms with van der Waals surface area (Å²) < 4.78 is 5.54. The number of amides is 1. The highest BCUT2D eigenvalue weighted by molar-refractivity contribution is 5.85. The Bertz CT molecular complexity index is 1570. The zero-order chi connectivity index (χ0) is 30.4. The Morgan fingerprint density at radius 3 is 2.39 bits per heavy atom. The van der Waals surface area contributed by atoms with Crippen LogP contribution in [0.4, 0.5) is 0 Å². The molecule has 1 saturated carbocycles. The van der Waals surface area contributed by atoms with Crippen LogP contribution < -0.4 is 10.1 Å². The van der Waals surface area contributed by atoms with Gasteiger partial charge in [-0.1, -0.05) is 68.4 Å². The average Bonchev–Trinajstić information content (AvgIpc) is 3.85. The minimum Gasteiger partial charge on any atom is -0.427 e. The van der Waals surface area contributed by atoms with Crippen molar-refractivity contribution in [2.45, 2.75) is 89.6 Å². The summed E-state index contributed by atoms with van der Waals surface area (Å²) in [5.74, 6) is 1.38. The summed E-state index contributed by atoms with van der Waals surface area (Å²) in [7, 11) is 0. The number of hydrogen-bond donors (Lipinski definition) is 1. The number of rotatable bonds is 8. The van der Waals surface area contributed by atoms with Crippen LogP contribution in [-0.4, -0.2) is 35.4 Å². The van der Waals surface area contributed by atoms with Crippen LogP contribution in [0.3, 0.4) is 0 Å². The summed E-state index contributed by atoms with van der Waals surface area (Å²) in [5.41, 5.74) is 10.0. The Labute approximate surface area is 261 Å². The van der Waals surface area contributed by atoms with E-state index in [4.69, 9.17) is 4.74 Å². The van der Waals surface area contributed by atoms with Crippen LogP contribution in [0.15, 0.2) is 72.9 Å². The number of benzene rings is 3. The largest absolute Gasteiger partial charge is 0.427 e. The maximum Gasteiger partial charge on any atom is 0.311 e. The van der Waals surface area contributed by atoms with Crippen LogP contribution >= 0.6 is 0 Å². The predicted molar refractivity (Wildman–Crippen MR) is 175 cm³/mol. The van der Waals surface area contributed by atoms with E-state index in [2.05, 4.69) is 54.8 Å². The lowest BCUT2D eigenvalue weighted by molar-refractivity contribution is -0.145. The Morgan fingerprint density at radius 1 is 0.909 bits per heavy atom. The third-order valence-corrected chi connectivity index (χ3v) is 10.8. The molecule has 2 bridgehead atoms. The maximum absolute atomic E-state index is 13.9. The molecule has 44 heavy (non-hydrogen) atoms. The summed E-state index contributed by atoms with van der Waals surface area (Å²) in [4.78, 5) is 28.7. The molecule has 0 aromatic heterocycles. The van der Waals surface area contributed by atoms with Crippen molar-refractivity contribution in [2.75, 3.05) is 6.54 Å². The fourth-order valence-electron chi connectivity index (χ4n) is 8.51. The molecule has 2 aliphatic carbocycles. The molecule has 3 unspecified atom stereocenters. The van der Waals surface area contributed by atoms with Gasteiger partial charge < -0.3 is 15.0 Å². The van der Waals surface area contributed by atoms with Gasteiger partial charge in [-0.3, -0.25) is 9.59 Å². The van der Waals surface area contributed by atoms with Gasteiger partial charge in [0, 0.05) is 12.7 Å². The van der Waals surface area contributed by atoms with E-state index in [1.165, 1.54) is 47.1 Å². The van der Waals surface area contributed by atoms with Crippen molar-refractivity contribution in [3.05, 3.63) is 95.2 Å². The number of likely N-dealkylation sites (tertiary alicyclic amines) is 1. The Balaban J connectivity index is 1.01. The Kier molecular flexibility index (Phi) is 7.82. The molecule has 1 amide bonds. The van der Waals surface area contributed by atoms with Crippen LogP contribution in [0, 0.1) is 18.8 Å². The average molecular weight is 589 g/mol. The van der Waals surface area contributed by atoms with E-state index in [1.54, 1.807) is 23.3 Å². The number of hydrogen-bond acceptors (Lipinski definition) is 4. The molecule has 1 saturated heterocycles. The van der Waals surface area contributed by atoms with Crippen LogP contribution in [0.2, 0.25) is 0 Å². The first kappa shape index (κ1) is 28.9. The molecule has 4 aliphatic rings. The number of aryl methyl sites for hydroxylation is 1. The molecule has 3 aromatic rings. The van der Waals surface area contributed by atoms with Gasteiger partial charge in [0.05, 0.1) is 24.4 Å². The van der Waals surface area contributed by atoms with E-state index in [-0.39, 0.29) is 36.3 Å². The third-order valence-electron chi connectivity index (χ3n) is 10.8. The van der Waals surface area contributed by atoms with E-state index in [9.17, 15) is 9.59 Å². The number of para-hydroxylation sites is 1. The van der Waals surface area contributed by atoms with Crippen LogP contribution in [0.5, 0.6) is 5.75 Å². The molecule has 1 N–H and O–H groups in total. The number of ether oxygens (including phenoxy) is 1.